The Morgan fingerprint density at radius 2 is 2.06 bits per heavy atom. The molecule has 0 saturated heterocycles. The second-order valence-electron chi connectivity index (χ2n) is 4.06. The largest absolute Gasteiger partial charge is 0.433 e. The first-order chi connectivity index (χ1) is 7.36. The summed E-state index contributed by atoms with van der Waals surface area (Å²) in [6.07, 6.45) is -2.54. The Morgan fingerprint density at radius 3 is 2.50 bits per heavy atom. The van der Waals surface area contributed by atoms with Gasteiger partial charge in [0.25, 0.3) is 0 Å². The summed E-state index contributed by atoms with van der Waals surface area (Å²) in [6, 6.07) is 0. The SMILES string of the molecule is CC(C)CCn1ncc(CCl)c1C(F)(F)F. The fourth-order valence-corrected chi connectivity index (χ4v) is 1.60. The Balaban J connectivity index is 2.96. The van der Waals surface area contributed by atoms with E-state index >= 15 is 0 Å². The minimum Gasteiger partial charge on any atom is -0.260 e. The normalized spacial score (nSPS) is 12.4. The first kappa shape index (κ1) is 13.4. The topological polar surface area (TPSA) is 17.8 Å². The monoisotopic (exact) mass is 254 g/mol. The lowest BCUT2D eigenvalue weighted by atomic mass is 10.1. The first-order valence-corrected chi connectivity index (χ1v) is 5.57. The highest BCUT2D eigenvalue weighted by Gasteiger charge is 2.37. The van der Waals surface area contributed by atoms with Gasteiger partial charge in [0.15, 0.2) is 0 Å². The molecule has 0 unspecified atom stereocenters. The quantitative estimate of drug-likeness (QED) is 0.750. The number of alkyl halides is 4. The lowest BCUT2D eigenvalue weighted by Gasteiger charge is -2.12. The molecule has 0 N–H and O–H groups in total. The lowest BCUT2D eigenvalue weighted by Crippen LogP contribution is -2.17. The molecule has 0 bridgehead atoms. The van der Waals surface area contributed by atoms with Crippen LogP contribution in [0.25, 0.3) is 0 Å². The van der Waals surface area contributed by atoms with Gasteiger partial charge in [0, 0.05) is 12.1 Å². The smallest absolute Gasteiger partial charge is 0.260 e. The highest BCUT2D eigenvalue weighted by atomic mass is 35.5. The zero-order chi connectivity index (χ0) is 12.3. The minimum absolute atomic E-state index is 0.0397. The summed E-state index contributed by atoms with van der Waals surface area (Å²) in [7, 11) is 0. The third kappa shape index (κ3) is 3.14. The minimum atomic E-state index is -4.39. The van der Waals surface area contributed by atoms with E-state index in [9.17, 15) is 13.2 Å². The van der Waals surface area contributed by atoms with Crippen molar-refractivity contribution in [1.82, 2.24) is 9.78 Å². The number of aryl methyl sites for hydroxylation is 1. The Kier molecular flexibility index (Phi) is 4.24. The Labute approximate surface area is 97.4 Å². The van der Waals surface area contributed by atoms with Gasteiger partial charge >= 0.3 is 6.18 Å². The van der Waals surface area contributed by atoms with E-state index in [1.807, 2.05) is 13.8 Å². The first-order valence-electron chi connectivity index (χ1n) is 5.04. The van der Waals surface area contributed by atoms with E-state index in [0.717, 1.165) is 4.68 Å². The van der Waals surface area contributed by atoms with Crippen molar-refractivity contribution in [3.05, 3.63) is 17.5 Å². The molecule has 92 valence electrons. The van der Waals surface area contributed by atoms with Crippen LogP contribution in [0.5, 0.6) is 0 Å². The number of halogens is 4. The number of rotatable bonds is 4. The molecule has 1 heterocycles. The van der Waals surface area contributed by atoms with Crippen LogP contribution in [0.3, 0.4) is 0 Å². The molecular weight excluding hydrogens is 241 g/mol. The summed E-state index contributed by atoms with van der Waals surface area (Å²) in [5, 5.41) is 3.74. The van der Waals surface area contributed by atoms with Crippen molar-refractivity contribution in [2.24, 2.45) is 5.92 Å². The van der Waals surface area contributed by atoms with Gasteiger partial charge in [0.2, 0.25) is 0 Å². The predicted molar refractivity (Wildman–Crippen MR) is 56.2 cm³/mol. The molecule has 0 atom stereocenters. The van der Waals surface area contributed by atoms with Crippen LogP contribution in [0.4, 0.5) is 13.2 Å². The molecule has 0 radical (unpaired) electrons. The summed E-state index contributed by atoms with van der Waals surface area (Å²) in [6.45, 7) is 4.18. The number of hydrogen-bond donors (Lipinski definition) is 0. The zero-order valence-corrected chi connectivity index (χ0v) is 9.94. The number of aromatic nitrogens is 2. The maximum Gasteiger partial charge on any atom is 0.433 e. The van der Waals surface area contributed by atoms with Crippen LogP contribution in [0.1, 0.15) is 31.5 Å². The van der Waals surface area contributed by atoms with Crippen LogP contribution >= 0.6 is 11.6 Å². The summed E-state index contributed by atoms with van der Waals surface area (Å²) in [4.78, 5) is 0. The molecule has 0 saturated carbocycles. The van der Waals surface area contributed by atoms with Gasteiger partial charge in [-0.05, 0) is 12.3 Å². The Hall–Kier alpha value is -0.710. The lowest BCUT2D eigenvalue weighted by molar-refractivity contribution is -0.144. The maximum atomic E-state index is 12.7. The Bertz CT molecular complexity index is 344. The van der Waals surface area contributed by atoms with Crippen molar-refractivity contribution in [3.63, 3.8) is 0 Å². The van der Waals surface area contributed by atoms with Gasteiger partial charge in [-0.15, -0.1) is 11.6 Å². The van der Waals surface area contributed by atoms with Gasteiger partial charge in [-0.2, -0.15) is 18.3 Å². The van der Waals surface area contributed by atoms with Crippen molar-refractivity contribution in [3.8, 4) is 0 Å². The third-order valence-corrected chi connectivity index (χ3v) is 2.53. The number of nitrogens with zero attached hydrogens (tertiary/aromatic N) is 2. The van der Waals surface area contributed by atoms with E-state index in [0.29, 0.717) is 12.3 Å². The highest BCUT2D eigenvalue weighted by Crippen LogP contribution is 2.32. The molecule has 1 aromatic heterocycles. The highest BCUT2D eigenvalue weighted by molar-refractivity contribution is 6.17. The third-order valence-electron chi connectivity index (χ3n) is 2.25. The summed E-state index contributed by atoms with van der Waals surface area (Å²) in [5.74, 6) is 0.168. The van der Waals surface area contributed by atoms with Crippen LogP contribution in [-0.2, 0) is 18.6 Å². The molecule has 0 aliphatic heterocycles. The molecule has 6 heteroatoms. The van der Waals surface area contributed by atoms with E-state index in [1.54, 1.807) is 0 Å². The van der Waals surface area contributed by atoms with Gasteiger partial charge in [-0.1, -0.05) is 13.8 Å². The van der Waals surface area contributed by atoms with Crippen LogP contribution in [-0.4, -0.2) is 9.78 Å². The molecule has 2 nitrogen and oxygen atoms in total. The van der Waals surface area contributed by atoms with Crippen molar-refractivity contribution in [2.75, 3.05) is 0 Å². The summed E-state index contributed by atoms with van der Waals surface area (Å²) < 4.78 is 39.2. The average molecular weight is 255 g/mol. The molecule has 1 rings (SSSR count). The molecule has 0 aliphatic carbocycles. The summed E-state index contributed by atoms with van der Waals surface area (Å²) in [5.41, 5.74) is -0.680. The molecule has 0 aliphatic rings. The van der Waals surface area contributed by atoms with Crippen LogP contribution in [0.15, 0.2) is 6.20 Å². The van der Waals surface area contributed by atoms with Gasteiger partial charge in [0.1, 0.15) is 5.69 Å². The number of hydrogen-bond acceptors (Lipinski definition) is 1. The van der Waals surface area contributed by atoms with Crippen LogP contribution < -0.4 is 0 Å². The standard InChI is InChI=1S/C10H14ClF3N2/c1-7(2)3-4-16-9(10(12,13)14)8(5-11)6-15-16/h6-7H,3-5H2,1-2H3. The molecule has 1 aromatic rings. The molecular formula is C10H14ClF3N2. The van der Waals surface area contributed by atoms with Gasteiger partial charge in [0.05, 0.1) is 12.1 Å². The summed E-state index contributed by atoms with van der Waals surface area (Å²) >= 11 is 5.46. The molecule has 16 heavy (non-hydrogen) atoms. The Morgan fingerprint density at radius 1 is 1.44 bits per heavy atom. The van der Waals surface area contributed by atoms with Crippen LogP contribution in [0.2, 0.25) is 0 Å². The van der Waals surface area contributed by atoms with Gasteiger partial charge in [-0.3, -0.25) is 4.68 Å². The fraction of sp³-hybridized carbons (Fsp3) is 0.700. The predicted octanol–water partition coefficient (Wildman–Crippen LogP) is 3.69. The van der Waals surface area contributed by atoms with E-state index in [2.05, 4.69) is 5.10 Å². The second kappa shape index (κ2) is 5.08. The zero-order valence-electron chi connectivity index (χ0n) is 9.18. The average Bonchev–Trinajstić information content (AvgIpc) is 2.56. The molecule has 0 amide bonds. The van der Waals surface area contributed by atoms with E-state index < -0.39 is 11.9 Å². The molecule has 0 aromatic carbocycles. The maximum absolute atomic E-state index is 12.7. The van der Waals surface area contributed by atoms with Crippen LogP contribution in [0, 0.1) is 5.92 Å². The van der Waals surface area contributed by atoms with Crippen molar-refractivity contribution in [1.29, 1.82) is 0 Å². The van der Waals surface area contributed by atoms with Crippen molar-refractivity contribution >= 4 is 11.6 Å². The van der Waals surface area contributed by atoms with E-state index in [1.165, 1.54) is 6.20 Å². The van der Waals surface area contributed by atoms with E-state index in [-0.39, 0.29) is 18.0 Å². The van der Waals surface area contributed by atoms with Gasteiger partial charge < -0.3 is 0 Å². The second-order valence-corrected chi connectivity index (χ2v) is 4.32. The fourth-order valence-electron chi connectivity index (χ4n) is 1.40. The van der Waals surface area contributed by atoms with E-state index in [4.69, 9.17) is 11.6 Å². The molecule has 0 fully saturated rings. The van der Waals surface area contributed by atoms with Crippen molar-refractivity contribution in [2.45, 2.75) is 38.9 Å². The van der Waals surface area contributed by atoms with Gasteiger partial charge in [-0.25, -0.2) is 0 Å². The molecule has 0 spiro atoms. The van der Waals surface area contributed by atoms with Crippen molar-refractivity contribution < 1.29 is 13.2 Å².